The molecular formula is C17H26N2O2S. The van der Waals surface area contributed by atoms with Crippen LogP contribution in [0.15, 0.2) is 16.9 Å². The third kappa shape index (κ3) is 4.38. The van der Waals surface area contributed by atoms with Crippen molar-refractivity contribution in [2.24, 2.45) is 0 Å². The van der Waals surface area contributed by atoms with Crippen LogP contribution in [0.5, 0.6) is 0 Å². The summed E-state index contributed by atoms with van der Waals surface area (Å²) in [5.74, 6) is 0.668. The van der Waals surface area contributed by atoms with E-state index in [2.05, 4.69) is 5.32 Å². The summed E-state index contributed by atoms with van der Waals surface area (Å²) in [6, 6.07) is 3.46. The molecule has 0 atom stereocenters. The lowest BCUT2D eigenvalue weighted by Gasteiger charge is -2.20. The molecule has 122 valence electrons. The summed E-state index contributed by atoms with van der Waals surface area (Å²) in [7, 11) is 0. The molecular weight excluding hydrogens is 296 g/mol. The van der Waals surface area contributed by atoms with E-state index in [9.17, 15) is 9.59 Å². The second kappa shape index (κ2) is 8.42. The Morgan fingerprint density at radius 2 is 2.05 bits per heavy atom. The summed E-state index contributed by atoms with van der Waals surface area (Å²) >= 11 is 1.95. The van der Waals surface area contributed by atoms with Gasteiger partial charge >= 0.3 is 0 Å². The van der Waals surface area contributed by atoms with Crippen molar-refractivity contribution in [3.8, 4) is 0 Å². The van der Waals surface area contributed by atoms with Gasteiger partial charge in [-0.2, -0.15) is 11.8 Å². The van der Waals surface area contributed by atoms with E-state index in [1.807, 2.05) is 31.7 Å². The first-order chi connectivity index (χ1) is 10.6. The Hall–Kier alpha value is -1.23. The van der Waals surface area contributed by atoms with E-state index in [1.54, 1.807) is 10.6 Å². The molecule has 4 nitrogen and oxygen atoms in total. The lowest BCUT2D eigenvalue weighted by atomic mass is 10.0. The third-order valence-electron chi connectivity index (χ3n) is 4.25. The molecule has 0 aromatic carbocycles. The number of amides is 1. The van der Waals surface area contributed by atoms with Crippen LogP contribution in [0.3, 0.4) is 0 Å². The van der Waals surface area contributed by atoms with Crippen molar-refractivity contribution in [1.82, 2.24) is 9.88 Å². The van der Waals surface area contributed by atoms with E-state index in [0.29, 0.717) is 13.1 Å². The maximum Gasteiger partial charge on any atom is 0.263 e. The van der Waals surface area contributed by atoms with Gasteiger partial charge in [0, 0.05) is 29.8 Å². The van der Waals surface area contributed by atoms with Gasteiger partial charge in [-0.05, 0) is 38.8 Å². The molecule has 5 heteroatoms. The van der Waals surface area contributed by atoms with E-state index in [-0.39, 0.29) is 17.0 Å². The molecule has 1 aromatic heterocycles. The molecule has 1 fully saturated rings. The lowest BCUT2D eigenvalue weighted by molar-refractivity contribution is 0.0954. The number of pyridine rings is 1. The van der Waals surface area contributed by atoms with Gasteiger partial charge in [-0.3, -0.25) is 9.59 Å². The van der Waals surface area contributed by atoms with Crippen molar-refractivity contribution in [2.75, 3.05) is 12.3 Å². The van der Waals surface area contributed by atoms with Gasteiger partial charge in [0.15, 0.2) is 0 Å². The summed E-state index contributed by atoms with van der Waals surface area (Å²) in [5, 5.41) is 3.63. The van der Waals surface area contributed by atoms with Crippen LogP contribution in [0.4, 0.5) is 0 Å². The predicted molar refractivity (Wildman–Crippen MR) is 92.8 cm³/mol. The summed E-state index contributed by atoms with van der Waals surface area (Å²) in [6.07, 6.45) is 6.65. The fourth-order valence-corrected chi connectivity index (χ4v) is 4.17. The van der Waals surface area contributed by atoms with Crippen LogP contribution in [0.1, 0.15) is 55.1 Å². The van der Waals surface area contributed by atoms with Crippen molar-refractivity contribution in [2.45, 2.75) is 57.7 Å². The molecule has 0 aliphatic heterocycles. The first-order valence-corrected chi connectivity index (χ1v) is 9.28. The molecule has 1 saturated carbocycles. The van der Waals surface area contributed by atoms with Gasteiger partial charge < -0.3 is 9.88 Å². The quantitative estimate of drug-likeness (QED) is 0.819. The first kappa shape index (κ1) is 17.1. The number of hydrogen-bond donors (Lipinski definition) is 1. The Labute approximate surface area is 136 Å². The second-order valence-corrected chi connectivity index (χ2v) is 7.23. The van der Waals surface area contributed by atoms with E-state index >= 15 is 0 Å². The third-order valence-corrected chi connectivity index (χ3v) is 5.63. The van der Waals surface area contributed by atoms with E-state index < -0.39 is 0 Å². The zero-order valence-corrected chi connectivity index (χ0v) is 14.4. The number of rotatable bonds is 6. The maximum atomic E-state index is 12.2. The highest BCUT2D eigenvalue weighted by Crippen LogP contribution is 2.27. The molecule has 1 amide bonds. The molecule has 1 heterocycles. The zero-order valence-electron chi connectivity index (χ0n) is 13.6. The number of nitrogens with zero attached hydrogens (tertiary/aromatic N) is 1. The normalized spacial score (nSPS) is 15.7. The minimum atomic E-state index is -0.253. The average molecular weight is 322 g/mol. The Morgan fingerprint density at radius 3 is 2.73 bits per heavy atom. The SMILES string of the molecule is CCn1c(C)ccc(C(=O)NCCSC2CCCCC2)c1=O. The number of thioether (sulfide) groups is 1. The van der Waals surface area contributed by atoms with Gasteiger partial charge in [-0.1, -0.05) is 19.3 Å². The van der Waals surface area contributed by atoms with Gasteiger partial charge in [0.05, 0.1) is 0 Å². The summed E-state index contributed by atoms with van der Waals surface area (Å²) in [5.41, 5.74) is 0.937. The predicted octanol–water partition coefficient (Wildman–Crippen LogP) is 2.97. The van der Waals surface area contributed by atoms with Crippen molar-refractivity contribution in [3.63, 3.8) is 0 Å². The molecule has 1 aliphatic rings. The van der Waals surface area contributed by atoms with Crippen LogP contribution in [0.2, 0.25) is 0 Å². The van der Waals surface area contributed by atoms with Crippen LogP contribution < -0.4 is 10.9 Å². The molecule has 0 spiro atoms. The first-order valence-electron chi connectivity index (χ1n) is 8.23. The number of carbonyl (C=O) groups excluding carboxylic acids is 1. The molecule has 1 N–H and O–H groups in total. The van der Waals surface area contributed by atoms with E-state index in [1.165, 1.54) is 32.1 Å². The largest absolute Gasteiger partial charge is 0.351 e. The highest BCUT2D eigenvalue weighted by molar-refractivity contribution is 7.99. The molecule has 1 aromatic rings. The maximum absolute atomic E-state index is 12.2. The monoisotopic (exact) mass is 322 g/mol. The molecule has 0 bridgehead atoms. The highest BCUT2D eigenvalue weighted by Gasteiger charge is 2.15. The summed E-state index contributed by atoms with van der Waals surface area (Å²) in [4.78, 5) is 24.4. The number of hydrogen-bond acceptors (Lipinski definition) is 3. The fraction of sp³-hybridized carbons (Fsp3) is 0.647. The zero-order chi connectivity index (χ0) is 15.9. The van der Waals surface area contributed by atoms with E-state index in [0.717, 1.165) is 16.7 Å². The van der Waals surface area contributed by atoms with Crippen molar-refractivity contribution in [3.05, 3.63) is 33.7 Å². The smallest absolute Gasteiger partial charge is 0.263 e. The Bertz CT molecular complexity index is 562. The van der Waals surface area contributed by atoms with Crippen molar-refractivity contribution in [1.29, 1.82) is 0 Å². The molecule has 0 radical (unpaired) electrons. The minimum absolute atomic E-state index is 0.195. The number of nitrogens with one attached hydrogen (secondary N) is 1. The molecule has 0 unspecified atom stereocenters. The van der Waals surface area contributed by atoms with Crippen molar-refractivity contribution < 1.29 is 4.79 Å². The number of carbonyl (C=O) groups is 1. The van der Waals surface area contributed by atoms with Crippen LogP contribution >= 0.6 is 11.8 Å². The van der Waals surface area contributed by atoms with Crippen LogP contribution in [0.25, 0.3) is 0 Å². The average Bonchev–Trinajstić information content (AvgIpc) is 2.53. The summed E-state index contributed by atoms with van der Waals surface area (Å²) < 4.78 is 1.63. The molecule has 0 saturated heterocycles. The highest BCUT2D eigenvalue weighted by atomic mass is 32.2. The fourth-order valence-electron chi connectivity index (χ4n) is 2.95. The Balaban J connectivity index is 1.83. The lowest BCUT2D eigenvalue weighted by Crippen LogP contribution is -2.34. The Kier molecular flexibility index (Phi) is 6.55. The van der Waals surface area contributed by atoms with Gasteiger partial charge in [0.1, 0.15) is 5.56 Å². The number of aromatic nitrogens is 1. The summed E-state index contributed by atoms with van der Waals surface area (Å²) in [6.45, 7) is 5.01. The number of aryl methyl sites for hydroxylation is 1. The van der Waals surface area contributed by atoms with Crippen LogP contribution in [0, 0.1) is 6.92 Å². The van der Waals surface area contributed by atoms with Gasteiger partial charge in [-0.15, -0.1) is 0 Å². The Morgan fingerprint density at radius 1 is 1.32 bits per heavy atom. The van der Waals surface area contributed by atoms with Crippen LogP contribution in [-0.4, -0.2) is 28.0 Å². The van der Waals surface area contributed by atoms with Crippen molar-refractivity contribution >= 4 is 17.7 Å². The second-order valence-electron chi connectivity index (χ2n) is 5.82. The molecule has 22 heavy (non-hydrogen) atoms. The van der Waals surface area contributed by atoms with Gasteiger partial charge in [-0.25, -0.2) is 0 Å². The van der Waals surface area contributed by atoms with Gasteiger partial charge in [0.25, 0.3) is 11.5 Å². The molecule has 2 rings (SSSR count). The minimum Gasteiger partial charge on any atom is -0.351 e. The standard InChI is InChI=1S/C17H26N2O2S/c1-3-19-13(2)9-10-15(17(19)21)16(20)18-11-12-22-14-7-5-4-6-8-14/h9-10,14H,3-8,11-12H2,1-2H3,(H,18,20). The van der Waals surface area contributed by atoms with Crippen LogP contribution in [-0.2, 0) is 6.54 Å². The van der Waals surface area contributed by atoms with E-state index in [4.69, 9.17) is 0 Å². The van der Waals surface area contributed by atoms with Gasteiger partial charge in [0.2, 0.25) is 0 Å². The topological polar surface area (TPSA) is 51.1 Å². The molecule has 1 aliphatic carbocycles.